The van der Waals surface area contributed by atoms with Gasteiger partial charge in [-0.2, -0.15) is 0 Å². The number of hydrogen-bond donors (Lipinski definition) is 0. The van der Waals surface area contributed by atoms with Crippen molar-refractivity contribution < 1.29 is 13.2 Å². The van der Waals surface area contributed by atoms with Crippen molar-refractivity contribution in [2.75, 3.05) is 17.2 Å². The third kappa shape index (κ3) is 3.93. The first-order chi connectivity index (χ1) is 9.44. The van der Waals surface area contributed by atoms with E-state index in [9.17, 15) is 13.2 Å². The predicted molar refractivity (Wildman–Crippen MR) is 82.5 cm³/mol. The first-order valence-corrected chi connectivity index (χ1v) is 8.34. The summed E-state index contributed by atoms with van der Waals surface area (Å²) in [4.78, 5) is 13.9. The van der Waals surface area contributed by atoms with E-state index < -0.39 is 15.1 Å². The Kier molecular flexibility index (Phi) is 5.95. The summed E-state index contributed by atoms with van der Waals surface area (Å²) in [5, 5.41) is -1.04. The summed E-state index contributed by atoms with van der Waals surface area (Å²) in [6, 6.07) is 9.10. The van der Waals surface area contributed by atoms with Crippen molar-refractivity contribution in [3.63, 3.8) is 0 Å². The van der Waals surface area contributed by atoms with Crippen LogP contribution in [0.3, 0.4) is 0 Å². The molecule has 0 fully saturated rings. The quantitative estimate of drug-likeness (QED) is 0.757. The molecule has 0 aromatic heterocycles. The fraction of sp³-hybridized carbons (Fsp3) is 0.400. The SMILES string of the molecule is CC=CCS(=O)(=O)C(C)C(=O)N(CC)c1ccccc1. The molecule has 5 heteroatoms. The summed E-state index contributed by atoms with van der Waals surface area (Å²) < 4.78 is 24.2. The molecule has 0 heterocycles. The van der Waals surface area contributed by atoms with E-state index in [1.807, 2.05) is 25.1 Å². The van der Waals surface area contributed by atoms with Crippen molar-refractivity contribution in [2.24, 2.45) is 0 Å². The number of carbonyl (C=O) groups is 1. The number of para-hydroxylation sites is 1. The Morgan fingerprint density at radius 3 is 2.40 bits per heavy atom. The lowest BCUT2D eigenvalue weighted by Gasteiger charge is -2.24. The maximum absolute atomic E-state index is 12.4. The number of nitrogens with zero attached hydrogens (tertiary/aromatic N) is 1. The first kappa shape index (κ1) is 16.4. The van der Waals surface area contributed by atoms with Gasteiger partial charge >= 0.3 is 0 Å². The zero-order chi connectivity index (χ0) is 15.2. The number of benzene rings is 1. The van der Waals surface area contributed by atoms with Crippen LogP contribution >= 0.6 is 0 Å². The van der Waals surface area contributed by atoms with Crippen molar-refractivity contribution in [2.45, 2.75) is 26.0 Å². The van der Waals surface area contributed by atoms with Gasteiger partial charge in [-0.25, -0.2) is 8.42 Å². The van der Waals surface area contributed by atoms with Gasteiger partial charge in [0.15, 0.2) is 9.84 Å². The average molecular weight is 295 g/mol. The van der Waals surface area contributed by atoms with Crippen LogP contribution in [0.1, 0.15) is 20.8 Å². The molecule has 0 aliphatic carbocycles. The molecule has 0 spiro atoms. The van der Waals surface area contributed by atoms with Crippen molar-refractivity contribution >= 4 is 21.4 Å². The van der Waals surface area contributed by atoms with Crippen molar-refractivity contribution in [3.8, 4) is 0 Å². The Labute approximate surface area is 121 Å². The third-order valence-corrected chi connectivity index (χ3v) is 5.04. The Morgan fingerprint density at radius 2 is 1.90 bits per heavy atom. The van der Waals surface area contributed by atoms with Gasteiger partial charge in [0.25, 0.3) is 0 Å². The monoisotopic (exact) mass is 295 g/mol. The lowest BCUT2D eigenvalue weighted by Crippen LogP contribution is -2.42. The zero-order valence-electron chi connectivity index (χ0n) is 12.1. The molecule has 0 bridgehead atoms. The van der Waals surface area contributed by atoms with E-state index in [0.717, 1.165) is 0 Å². The minimum atomic E-state index is -3.46. The summed E-state index contributed by atoms with van der Waals surface area (Å²) >= 11 is 0. The van der Waals surface area contributed by atoms with Gasteiger partial charge in [-0.1, -0.05) is 30.4 Å². The molecule has 1 atom stereocenters. The van der Waals surface area contributed by atoms with Gasteiger partial charge in [-0.3, -0.25) is 4.79 Å². The second-order valence-electron chi connectivity index (χ2n) is 4.46. The fourth-order valence-corrected chi connectivity index (χ4v) is 3.01. The number of allylic oxidation sites excluding steroid dienone is 1. The number of anilines is 1. The van der Waals surface area contributed by atoms with Gasteiger partial charge in [0, 0.05) is 12.2 Å². The van der Waals surface area contributed by atoms with Crippen LogP contribution in [0.5, 0.6) is 0 Å². The predicted octanol–water partition coefficient (Wildman–Crippen LogP) is 2.42. The highest BCUT2D eigenvalue weighted by Crippen LogP contribution is 2.16. The second kappa shape index (κ2) is 7.24. The van der Waals surface area contributed by atoms with E-state index >= 15 is 0 Å². The van der Waals surface area contributed by atoms with Gasteiger partial charge in [0.05, 0.1) is 5.75 Å². The topological polar surface area (TPSA) is 54.5 Å². The largest absolute Gasteiger partial charge is 0.312 e. The highest BCUT2D eigenvalue weighted by Gasteiger charge is 2.30. The molecule has 0 saturated heterocycles. The number of hydrogen-bond acceptors (Lipinski definition) is 3. The lowest BCUT2D eigenvalue weighted by molar-refractivity contribution is -0.117. The molecule has 1 unspecified atom stereocenters. The van der Waals surface area contributed by atoms with E-state index in [-0.39, 0.29) is 11.7 Å². The Morgan fingerprint density at radius 1 is 1.30 bits per heavy atom. The number of amides is 1. The van der Waals surface area contributed by atoms with E-state index in [1.54, 1.807) is 31.2 Å². The smallest absolute Gasteiger partial charge is 0.245 e. The van der Waals surface area contributed by atoms with Crippen LogP contribution < -0.4 is 4.90 Å². The zero-order valence-corrected chi connectivity index (χ0v) is 12.9. The molecule has 1 amide bonds. The molecule has 0 saturated carbocycles. The van der Waals surface area contributed by atoms with Crippen LogP contribution in [0.25, 0.3) is 0 Å². The van der Waals surface area contributed by atoms with E-state index in [0.29, 0.717) is 12.2 Å². The number of carbonyl (C=O) groups excluding carboxylic acids is 1. The fourth-order valence-electron chi connectivity index (χ4n) is 1.82. The minimum absolute atomic E-state index is 0.108. The van der Waals surface area contributed by atoms with Gasteiger partial charge in [0.2, 0.25) is 5.91 Å². The average Bonchev–Trinajstić information content (AvgIpc) is 2.46. The molecule has 1 aromatic carbocycles. The Balaban J connectivity index is 2.97. The Hall–Kier alpha value is -1.62. The van der Waals surface area contributed by atoms with Gasteiger partial charge in [0.1, 0.15) is 5.25 Å². The lowest BCUT2D eigenvalue weighted by atomic mass is 10.2. The normalized spacial score (nSPS) is 13.3. The van der Waals surface area contributed by atoms with Crippen LogP contribution in [0.15, 0.2) is 42.5 Å². The molecule has 20 heavy (non-hydrogen) atoms. The highest BCUT2D eigenvalue weighted by molar-refractivity contribution is 7.92. The molecule has 1 aromatic rings. The van der Waals surface area contributed by atoms with Crippen LogP contribution in [0, 0.1) is 0 Å². The van der Waals surface area contributed by atoms with E-state index in [4.69, 9.17) is 0 Å². The maximum Gasteiger partial charge on any atom is 0.245 e. The molecule has 0 N–H and O–H groups in total. The summed E-state index contributed by atoms with van der Waals surface area (Å²) in [5.41, 5.74) is 0.716. The van der Waals surface area contributed by atoms with Crippen LogP contribution in [0.4, 0.5) is 5.69 Å². The Bertz CT molecular complexity index is 564. The second-order valence-corrected chi connectivity index (χ2v) is 6.82. The molecule has 0 radical (unpaired) electrons. The van der Waals surface area contributed by atoms with Crippen LogP contribution in [-0.4, -0.2) is 31.9 Å². The highest BCUT2D eigenvalue weighted by atomic mass is 32.2. The first-order valence-electron chi connectivity index (χ1n) is 6.63. The van der Waals surface area contributed by atoms with Crippen LogP contribution in [-0.2, 0) is 14.6 Å². The third-order valence-electron chi connectivity index (χ3n) is 3.10. The summed E-state index contributed by atoms with van der Waals surface area (Å²) in [6.45, 7) is 5.47. The van der Waals surface area contributed by atoms with E-state index in [2.05, 4.69) is 0 Å². The van der Waals surface area contributed by atoms with Crippen molar-refractivity contribution in [3.05, 3.63) is 42.5 Å². The van der Waals surface area contributed by atoms with Crippen molar-refractivity contribution in [1.29, 1.82) is 0 Å². The number of sulfone groups is 1. The van der Waals surface area contributed by atoms with Crippen LogP contribution in [0.2, 0.25) is 0 Å². The molecule has 1 rings (SSSR count). The number of rotatable bonds is 6. The summed E-state index contributed by atoms with van der Waals surface area (Å²) in [6.07, 6.45) is 3.22. The van der Waals surface area contributed by atoms with Gasteiger partial charge in [-0.15, -0.1) is 0 Å². The molecular formula is C15H21NO3S. The molecule has 0 aliphatic heterocycles. The summed E-state index contributed by atoms with van der Waals surface area (Å²) in [7, 11) is -3.46. The minimum Gasteiger partial charge on any atom is -0.312 e. The molecule has 4 nitrogen and oxygen atoms in total. The molecular weight excluding hydrogens is 274 g/mol. The van der Waals surface area contributed by atoms with E-state index in [1.165, 1.54) is 11.8 Å². The van der Waals surface area contributed by atoms with Crippen molar-refractivity contribution in [1.82, 2.24) is 0 Å². The summed E-state index contributed by atoms with van der Waals surface area (Å²) in [5.74, 6) is -0.494. The standard InChI is InChI=1S/C15H21NO3S/c1-4-6-12-20(18,19)13(3)15(17)16(5-2)14-10-8-7-9-11-14/h4,6-11,13H,5,12H2,1-3H3. The molecule has 0 aliphatic rings. The maximum atomic E-state index is 12.4. The van der Waals surface area contributed by atoms with Gasteiger partial charge in [-0.05, 0) is 32.9 Å². The molecule has 110 valence electrons. The van der Waals surface area contributed by atoms with Gasteiger partial charge < -0.3 is 4.90 Å².